The van der Waals surface area contributed by atoms with E-state index in [1.807, 2.05) is 19.4 Å². The largest absolute Gasteiger partial charge is 0.322 e. The molecule has 0 aliphatic rings. The number of carbonyl (C=O) groups is 1. The second-order valence-corrected chi connectivity index (χ2v) is 8.59. The maximum atomic E-state index is 12.3. The molecule has 0 unspecified atom stereocenters. The van der Waals surface area contributed by atoms with Gasteiger partial charge in [-0.05, 0) is 25.9 Å². The van der Waals surface area contributed by atoms with Crippen LogP contribution in [0.2, 0.25) is 0 Å². The Morgan fingerprint density at radius 2 is 1.26 bits per heavy atom. The Balaban J connectivity index is 2.20. The molecule has 0 atom stereocenters. The highest BCUT2D eigenvalue weighted by molar-refractivity contribution is 7.99. The van der Waals surface area contributed by atoms with Gasteiger partial charge in [-0.15, -0.1) is 23.5 Å². The van der Waals surface area contributed by atoms with Crippen molar-refractivity contribution in [3.8, 4) is 0 Å². The first-order valence-corrected chi connectivity index (χ1v) is 12.8. The number of hydrogen-bond acceptors (Lipinski definition) is 5. The third-order valence-corrected chi connectivity index (χ3v) is 5.98. The lowest BCUT2D eigenvalue weighted by Crippen LogP contribution is -2.14. The number of hydrogen-bond donors (Lipinski definition) is 1. The molecule has 0 saturated carbocycles. The van der Waals surface area contributed by atoms with E-state index in [-0.39, 0.29) is 5.91 Å². The van der Waals surface area contributed by atoms with E-state index < -0.39 is 0 Å². The van der Waals surface area contributed by atoms with Crippen molar-refractivity contribution in [3.63, 3.8) is 0 Å². The fraction of sp³-hybridized carbons (Fsp3) is 0.762. The first-order valence-electron chi connectivity index (χ1n) is 10.4. The zero-order chi connectivity index (χ0) is 19.9. The molecule has 0 saturated heterocycles. The van der Waals surface area contributed by atoms with Gasteiger partial charge in [0.05, 0.1) is 0 Å². The quantitative estimate of drug-likeness (QED) is 0.194. The van der Waals surface area contributed by atoms with Crippen molar-refractivity contribution < 1.29 is 4.79 Å². The second kappa shape index (κ2) is 15.2. The van der Waals surface area contributed by atoms with Crippen LogP contribution in [0, 0.1) is 6.92 Å². The zero-order valence-electron chi connectivity index (χ0n) is 17.6. The lowest BCUT2D eigenvalue weighted by atomic mass is 10.1. The van der Waals surface area contributed by atoms with Gasteiger partial charge in [-0.1, -0.05) is 71.1 Å². The molecule has 1 aromatic heterocycles. The van der Waals surface area contributed by atoms with Crippen LogP contribution in [-0.2, 0) is 4.79 Å². The van der Waals surface area contributed by atoms with Gasteiger partial charge in [0, 0.05) is 6.42 Å². The summed E-state index contributed by atoms with van der Waals surface area (Å²) in [6.07, 6.45) is 18.8. The van der Waals surface area contributed by atoms with E-state index in [9.17, 15) is 4.79 Å². The summed E-state index contributed by atoms with van der Waals surface area (Å²) in [6, 6.07) is 0. The molecule has 0 radical (unpaired) electrons. The minimum atomic E-state index is 0.0731. The van der Waals surface area contributed by atoms with E-state index in [1.165, 1.54) is 57.8 Å². The number of aryl methyl sites for hydroxylation is 1. The van der Waals surface area contributed by atoms with Gasteiger partial charge in [0.2, 0.25) is 5.91 Å². The van der Waals surface area contributed by atoms with Crippen LogP contribution in [0.4, 0.5) is 5.69 Å². The molecular formula is C21H37N3OS2. The molecule has 0 aromatic carbocycles. The monoisotopic (exact) mass is 411 g/mol. The van der Waals surface area contributed by atoms with Crippen LogP contribution < -0.4 is 5.32 Å². The summed E-state index contributed by atoms with van der Waals surface area (Å²) in [5.74, 6) is 0.816. The van der Waals surface area contributed by atoms with Crippen LogP contribution in [0.25, 0.3) is 0 Å². The van der Waals surface area contributed by atoms with Crippen LogP contribution in [0.1, 0.15) is 89.8 Å². The first-order chi connectivity index (χ1) is 13.1. The number of carbonyl (C=O) groups excluding carboxylic acids is 1. The average Bonchev–Trinajstić information content (AvgIpc) is 2.67. The van der Waals surface area contributed by atoms with Gasteiger partial charge >= 0.3 is 0 Å². The van der Waals surface area contributed by atoms with Crippen LogP contribution in [0.3, 0.4) is 0 Å². The minimum Gasteiger partial charge on any atom is -0.322 e. The highest BCUT2D eigenvalue weighted by atomic mass is 32.2. The van der Waals surface area contributed by atoms with Crippen molar-refractivity contribution in [3.05, 3.63) is 5.82 Å². The van der Waals surface area contributed by atoms with E-state index in [0.29, 0.717) is 6.42 Å². The molecule has 0 fully saturated rings. The Kier molecular flexibility index (Phi) is 13.7. The normalized spacial score (nSPS) is 11.0. The number of amides is 1. The van der Waals surface area contributed by atoms with Crippen molar-refractivity contribution in [2.24, 2.45) is 0 Å². The van der Waals surface area contributed by atoms with E-state index in [4.69, 9.17) is 0 Å². The Morgan fingerprint density at radius 3 is 1.70 bits per heavy atom. The van der Waals surface area contributed by atoms with Gasteiger partial charge < -0.3 is 5.32 Å². The maximum Gasteiger partial charge on any atom is 0.224 e. The van der Waals surface area contributed by atoms with Crippen LogP contribution in [0.15, 0.2) is 10.1 Å². The maximum absolute atomic E-state index is 12.3. The van der Waals surface area contributed by atoms with Crippen LogP contribution >= 0.6 is 23.5 Å². The lowest BCUT2D eigenvalue weighted by Gasteiger charge is -2.13. The lowest BCUT2D eigenvalue weighted by molar-refractivity contribution is -0.116. The van der Waals surface area contributed by atoms with Gasteiger partial charge in [-0.25, -0.2) is 9.97 Å². The molecule has 1 N–H and O–H groups in total. The Hall–Kier alpha value is -0.750. The zero-order valence-corrected chi connectivity index (χ0v) is 19.2. The first kappa shape index (κ1) is 24.3. The molecule has 1 rings (SSSR count). The molecule has 154 valence electrons. The molecule has 1 heterocycles. The van der Waals surface area contributed by atoms with E-state index in [0.717, 1.165) is 34.4 Å². The van der Waals surface area contributed by atoms with Gasteiger partial charge in [0.1, 0.15) is 21.6 Å². The van der Waals surface area contributed by atoms with Crippen molar-refractivity contribution in [2.75, 3.05) is 17.8 Å². The van der Waals surface area contributed by atoms with Gasteiger partial charge in [-0.3, -0.25) is 4.79 Å². The molecule has 0 aliphatic carbocycles. The second-order valence-electron chi connectivity index (χ2n) is 7.00. The summed E-state index contributed by atoms with van der Waals surface area (Å²) in [6.45, 7) is 4.15. The molecule has 1 aromatic rings. The summed E-state index contributed by atoms with van der Waals surface area (Å²) < 4.78 is 0. The summed E-state index contributed by atoms with van der Waals surface area (Å²) in [4.78, 5) is 21.2. The SMILES string of the molecule is CCCCCCCCCCCCCC(=O)Nc1c(SC)nc(C)nc1SC. The van der Waals surface area contributed by atoms with E-state index in [1.54, 1.807) is 23.5 Å². The van der Waals surface area contributed by atoms with E-state index in [2.05, 4.69) is 22.2 Å². The third-order valence-electron chi connectivity index (χ3n) is 4.61. The molecular weight excluding hydrogens is 374 g/mol. The molecule has 6 heteroatoms. The average molecular weight is 412 g/mol. The highest BCUT2D eigenvalue weighted by Gasteiger charge is 2.14. The Morgan fingerprint density at radius 1 is 0.815 bits per heavy atom. The standard InChI is InChI=1S/C21H37N3OS2/c1-5-6-7-8-9-10-11-12-13-14-15-16-18(25)24-19-20(26-3)22-17(2)23-21(19)27-4/h5-16H2,1-4H3,(H,24,25). The highest BCUT2D eigenvalue weighted by Crippen LogP contribution is 2.31. The predicted molar refractivity (Wildman–Crippen MR) is 120 cm³/mol. The van der Waals surface area contributed by atoms with Gasteiger partial charge in [-0.2, -0.15) is 0 Å². The smallest absolute Gasteiger partial charge is 0.224 e. The van der Waals surface area contributed by atoms with Crippen LogP contribution in [0.5, 0.6) is 0 Å². The Labute approximate surface area is 174 Å². The summed E-state index contributed by atoms with van der Waals surface area (Å²) in [5, 5.41) is 4.73. The molecule has 0 spiro atoms. The Bertz CT molecular complexity index is 527. The molecule has 1 amide bonds. The predicted octanol–water partition coefficient (Wildman–Crippen LogP) is 6.87. The molecule has 0 aliphatic heterocycles. The van der Waals surface area contributed by atoms with Crippen molar-refractivity contribution in [2.45, 2.75) is 101 Å². The van der Waals surface area contributed by atoms with Crippen molar-refractivity contribution >= 4 is 35.1 Å². The van der Waals surface area contributed by atoms with Crippen molar-refractivity contribution in [1.82, 2.24) is 9.97 Å². The van der Waals surface area contributed by atoms with Crippen molar-refractivity contribution in [1.29, 1.82) is 0 Å². The topological polar surface area (TPSA) is 54.9 Å². The van der Waals surface area contributed by atoms with Gasteiger partial charge in [0.15, 0.2) is 0 Å². The summed E-state index contributed by atoms with van der Waals surface area (Å²) >= 11 is 3.09. The number of aromatic nitrogens is 2. The fourth-order valence-corrected chi connectivity index (χ4v) is 4.29. The summed E-state index contributed by atoms with van der Waals surface area (Å²) in [7, 11) is 0. The number of nitrogens with zero attached hydrogens (tertiary/aromatic N) is 2. The number of thioether (sulfide) groups is 2. The van der Waals surface area contributed by atoms with Gasteiger partial charge in [0.25, 0.3) is 0 Å². The summed E-state index contributed by atoms with van der Waals surface area (Å²) in [5.41, 5.74) is 0.772. The number of unbranched alkanes of at least 4 members (excludes halogenated alkanes) is 10. The van der Waals surface area contributed by atoms with Crippen LogP contribution in [-0.4, -0.2) is 28.4 Å². The molecule has 0 bridgehead atoms. The fourth-order valence-electron chi connectivity index (χ4n) is 3.08. The number of nitrogens with one attached hydrogen (secondary N) is 1. The van der Waals surface area contributed by atoms with E-state index >= 15 is 0 Å². The molecule has 27 heavy (non-hydrogen) atoms. The number of rotatable bonds is 15. The third kappa shape index (κ3) is 10.4. The number of anilines is 1. The molecule has 4 nitrogen and oxygen atoms in total. The minimum absolute atomic E-state index is 0.0731.